The van der Waals surface area contributed by atoms with E-state index in [4.69, 9.17) is 23.4 Å². The monoisotopic (exact) mass is 526 g/mol. The first-order valence-electron chi connectivity index (χ1n) is 10.4. The zero-order chi connectivity index (χ0) is 25.8. The summed E-state index contributed by atoms with van der Waals surface area (Å²) in [5, 5.41) is 0. The number of methoxy groups -OCH3 is 2. The van der Waals surface area contributed by atoms with Crippen molar-refractivity contribution in [2.45, 2.75) is 51.6 Å². The van der Waals surface area contributed by atoms with E-state index in [2.05, 4.69) is 46.1 Å². The summed E-state index contributed by atoms with van der Waals surface area (Å²) in [7, 11) is -2.32. The second-order valence-corrected chi connectivity index (χ2v) is 8.32. The predicted octanol–water partition coefficient (Wildman–Crippen LogP) is 5.38. The van der Waals surface area contributed by atoms with Crippen molar-refractivity contribution in [2.75, 3.05) is 14.2 Å². The Morgan fingerprint density at radius 2 is 1.50 bits per heavy atom. The van der Waals surface area contributed by atoms with Crippen LogP contribution in [-0.4, -0.2) is 27.6 Å². The van der Waals surface area contributed by atoms with E-state index < -0.39 is 7.25 Å². The van der Waals surface area contributed by atoms with Crippen LogP contribution in [0.3, 0.4) is 0 Å². The van der Waals surface area contributed by atoms with Gasteiger partial charge in [0.15, 0.2) is 0 Å². The van der Waals surface area contributed by atoms with Gasteiger partial charge in [0.05, 0.1) is 6.10 Å². The minimum absolute atomic E-state index is 0. The van der Waals surface area contributed by atoms with Crippen molar-refractivity contribution in [3.05, 3.63) is 57.2 Å². The van der Waals surface area contributed by atoms with Crippen LogP contribution in [0.4, 0.5) is 17.3 Å². The van der Waals surface area contributed by atoms with Crippen LogP contribution in [0.5, 0.6) is 0 Å². The molecule has 189 valence electrons. The summed E-state index contributed by atoms with van der Waals surface area (Å²) in [6, 6.07) is 0. The van der Waals surface area contributed by atoms with E-state index in [1.54, 1.807) is 13.0 Å². The van der Waals surface area contributed by atoms with Crippen molar-refractivity contribution in [1.29, 1.82) is 0 Å². The minimum Gasteiger partial charge on any atom is 0 e. The van der Waals surface area contributed by atoms with Gasteiger partial charge >= 0.3 is 41.2 Å². The van der Waals surface area contributed by atoms with Gasteiger partial charge in [0, 0.05) is 44.1 Å². The van der Waals surface area contributed by atoms with Gasteiger partial charge in [-0.2, -0.15) is 0 Å². The number of hydrogen-bond acceptors (Lipinski definition) is 2. The maximum Gasteiger partial charge on any atom is 0 e. The quantitative estimate of drug-likeness (QED) is 0.210. The molecule has 34 heavy (non-hydrogen) atoms. The Balaban J connectivity index is 0. The molecule has 11 heteroatoms. The molecule has 5 nitrogen and oxygen atoms in total. The first-order valence-corrected chi connectivity index (χ1v) is 10.4. The van der Waals surface area contributed by atoms with Gasteiger partial charge in [-0.3, -0.25) is 0 Å². The molecule has 0 spiro atoms. The van der Waals surface area contributed by atoms with Crippen LogP contribution in [0.15, 0.2) is 0 Å². The second kappa shape index (κ2) is 17.0. The second-order valence-electron chi connectivity index (χ2n) is 8.32. The summed E-state index contributed by atoms with van der Waals surface area (Å²) in [4.78, 5) is 0. The van der Waals surface area contributed by atoms with Crippen molar-refractivity contribution in [1.82, 2.24) is 0 Å². The molecule has 0 aromatic rings. The molecule has 5 atom stereocenters. The van der Waals surface area contributed by atoms with Gasteiger partial charge in [0.2, 0.25) is 0 Å². The van der Waals surface area contributed by atoms with Gasteiger partial charge in [-0.25, -0.2) is 0 Å². The van der Waals surface area contributed by atoms with Crippen LogP contribution < -0.4 is 0 Å². The molecule has 4 aliphatic carbocycles. The summed E-state index contributed by atoms with van der Waals surface area (Å²) < 4.78 is 72.8. The van der Waals surface area contributed by atoms with E-state index in [0.29, 0.717) is 11.5 Å². The molecule has 0 amide bonds. The third-order valence-corrected chi connectivity index (χ3v) is 7.13. The number of ether oxygens (including phenoxy) is 2. The van der Waals surface area contributed by atoms with Gasteiger partial charge in [0.25, 0.3) is 0 Å². The fourth-order valence-corrected chi connectivity index (χ4v) is 6.02. The molecule has 0 heterocycles. The maximum atomic E-state index is 9.75. The molecule has 4 rings (SSSR count). The van der Waals surface area contributed by atoms with Gasteiger partial charge < -0.3 is 26.7 Å². The standard InChI is InChI=1S/C20H28O2.3CO.BF4.Mn/c1-20-11-10-16-15-7-5-14(21-2)12-13(15)4-6-17(16)18(20)8-9-19(20)22-3;3*1-2;2-1(3,4)5;/h5,7,12,16-19H,4,6,8-11H2,1-3H3;;;;;/q;;;;-1;. The van der Waals surface area contributed by atoms with Crippen LogP contribution in [0.1, 0.15) is 45.4 Å². The zero-order valence-corrected chi connectivity index (χ0v) is 20.5. The summed E-state index contributed by atoms with van der Waals surface area (Å²) in [6.45, 7) is 16.0. The predicted molar refractivity (Wildman–Crippen MR) is 109 cm³/mol. The molecule has 4 aliphatic rings. The third-order valence-electron chi connectivity index (χ3n) is 7.13. The fraction of sp³-hybridized carbons (Fsp3) is 0.609. The Labute approximate surface area is 211 Å². The summed E-state index contributed by atoms with van der Waals surface area (Å²) in [5.74, 6) is 5.63. The topological polar surface area (TPSA) is 78.2 Å². The van der Waals surface area contributed by atoms with Crippen LogP contribution in [0.25, 0.3) is 0 Å². The van der Waals surface area contributed by atoms with Crippen molar-refractivity contribution < 1.29 is 57.8 Å². The fourth-order valence-electron chi connectivity index (χ4n) is 6.02. The van der Waals surface area contributed by atoms with Crippen LogP contribution >= 0.6 is 0 Å². The molecule has 0 aromatic carbocycles. The molecule has 0 saturated heterocycles. The molecule has 0 bridgehead atoms. The van der Waals surface area contributed by atoms with E-state index in [0.717, 1.165) is 23.9 Å². The van der Waals surface area contributed by atoms with E-state index >= 15 is 0 Å². The number of rotatable bonds is 2. The number of fused-ring (bicyclic) bond motifs is 5. The number of halogens is 4. The average molecular weight is 526 g/mol. The van der Waals surface area contributed by atoms with Gasteiger partial charge in [0.1, 0.15) is 6.10 Å². The molecule has 7 radical (unpaired) electrons. The Morgan fingerprint density at radius 1 is 0.941 bits per heavy atom. The summed E-state index contributed by atoms with van der Waals surface area (Å²) in [6.07, 6.45) is 16.1. The van der Waals surface area contributed by atoms with Crippen LogP contribution in [-0.2, 0) is 40.5 Å². The van der Waals surface area contributed by atoms with Crippen molar-refractivity contribution in [3.63, 3.8) is 0 Å². The van der Waals surface area contributed by atoms with Crippen molar-refractivity contribution >= 4 is 7.25 Å². The van der Waals surface area contributed by atoms with E-state index in [9.17, 15) is 17.3 Å². The molecule has 0 aliphatic heterocycles. The molecule has 5 unspecified atom stereocenters. The van der Waals surface area contributed by atoms with Gasteiger partial charge in [-0.05, 0) is 80.0 Å². The van der Waals surface area contributed by atoms with E-state index in [1.807, 2.05) is 7.11 Å². The van der Waals surface area contributed by atoms with Crippen molar-refractivity contribution in [3.8, 4) is 0 Å². The SMILES string of the molecule is CO[C]1[CH][CH][C]2[C]([CH]1)CCC1C2CCC2(C)C(OC)CCC12.F[B-](F)(F)F.[C-]#[O+].[C-]#[O+].[C-]#[O+].[Mn]. The molecular weight excluding hydrogens is 498 g/mol. The first kappa shape index (κ1) is 35.6. The smallest absolute Gasteiger partial charge is 0 e. The maximum absolute atomic E-state index is 9.75. The third kappa shape index (κ3) is 9.15. The van der Waals surface area contributed by atoms with Crippen LogP contribution in [0, 0.1) is 80.3 Å². The Kier molecular flexibility index (Phi) is 17.8. The largest absolute Gasteiger partial charge is 0 e. The molecule has 4 fully saturated rings. The normalized spacial score (nSPS) is 32.4. The molecular formula is C23H28BF4MnO5-. The van der Waals surface area contributed by atoms with Gasteiger partial charge in [-0.1, -0.05) is 6.92 Å². The number of hydrogen-bond donors (Lipinski definition) is 0. The summed E-state index contributed by atoms with van der Waals surface area (Å²) in [5.41, 5.74) is 0.417. The average Bonchev–Trinajstić information content (AvgIpc) is 3.17. The Morgan fingerprint density at radius 3 is 2.00 bits per heavy atom. The Hall–Kier alpha value is -0.556. The first-order chi connectivity index (χ1) is 15.7. The molecule has 4 saturated carbocycles. The van der Waals surface area contributed by atoms with Crippen LogP contribution in [0.2, 0.25) is 0 Å². The minimum atomic E-state index is -6.00. The van der Waals surface area contributed by atoms with E-state index in [1.165, 1.54) is 44.4 Å². The molecule has 0 aromatic heterocycles. The zero-order valence-electron chi connectivity index (χ0n) is 19.3. The Bertz CT molecular complexity index is 612. The summed E-state index contributed by atoms with van der Waals surface area (Å²) >= 11 is 0. The van der Waals surface area contributed by atoms with Crippen molar-refractivity contribution in [2.24, 2.45) is 23.2 Å². The van der Waals surface area contributed by atoms with Gasteiger partial charge in [-0.15, -0.1) is 0 Å². The van der Waals surface area contributed by atoms with E-state index in [-0.39, 0.29) is 17.1 Å². The molecule has 0 N–H and O–H groups in total.